The van der Waals surface area contributed by atoms with Crippen molar-refractivity contribution in [1.29, 1.82) is 0 Å². The Labute approximate surface area is 243 Å². The molecule has 0 saturated carbocycles. The Hall–Kier alpha value is -3.70. The van der Waals surface area contributed by atoms with Crippen molar-refractivity contribution < 1.29 is 36.2 Å². The second-order valence-electron chi connectivity index (χ2n) is 10.4. The number of carbonyl (C=O) groups is 1. The predicted molar refractivity (Wildman–Crippen MR) is 152 cm³/mol. The van der Waals surface area contributed by atoms with Crippen LogP contribution in [0.15, 0.2) is 89.3 Å². The van der Waals surface area contributed by atoms with Crippen LogP contribution in [0.3, 0.4) is 0 Å². The summed E-state index contributed by atoms with van der Waals surface area (Å²) in [4.78, 5) is 17.1. The van der Waals surface area contributed by atoms with Crippen molar-refractivity contribution in [3.63, 3.8) is 0 Å². The van der Waals surface area contributed by atoms with Crippen molar-refractivity contribution in [2.75, 3.05) is 0 Å². The van der Waals surface area contributed by atoms with Gasteiger partial charge >= 0.3 is 12.1 Å². The summed E-state index contributed by atoms with van der Waals surface area (Å²) in [5.41, 5.74) is -1.27. The zero-order chi connectivity index (χ0) is 30.5. The number of aromatic nitrogens is 1. The van der Waals surface area contributed by atoms with E-state index in [0.29, 0.717) is 31.9 Å². The molecular weight excluding hydrogens is 569 g/mol. The first-order chi connectivity index (χ1) is 19.9. The fraction of sp³-hybridized carbons (Fsp3) is 0.355. The van der Waals surface area contributed by atoms with Crippen LogP contribution in [0.25, 0.3) is 11.1 Å². The summed E-state index contributed by atoms with van der Waals surface area (Å²) in [5, 5.41) is 10.5. The first-order valence-electron chi connectivity index (χ1n) is 13.7. The van der Waals surface area contributed by atoms with E-state index in [1.54, 1.807) is 25.1 Å². The standard InChI is InChI=1S/C31H33F3N2O5S/c1-3-16-30(17-15-21-11-7-5-8-12-21)19-26(37)27(29(38)41-30)25(4-2)36-42(39,40)28-24(22-13-9-6-10-14-22)18-23(20-35-28)31(32,33)34/h5-14,18,20,25,36-37H,3-4,15-17,19H2,1-2H3. The maximum Gasteiger partial charge on any atom is 0.417 e. The highest BCUT2D eigenvalue weighted by Crippen LogP contribution is 2.39. The molecule has 2 heterocycles. The molecule has 2 unspecified atom stereocenters. The third-order valence-electron chi connectivity index (χ3n) is 7.32. The van der Waals surface area contributed by atoms with Gasteiger partial charge in [-0.3, -0.25) is 0 Å². The zero-order valence-electron chi connectivity index (χ0n) is 23.3. The number of ether oxygens (including phenoxy) is 1. The number of halogens is 3. The van der Waals surface area contributed by atoms with Crippen LogP contribution in [0.4, 0.5) is 13.2 Å². The van der Waals surface area contributed by atoms with E-state index < -0.39 is 44.4 Å². The van der Waals surface area contributed by atoms with Crippen LogP contribution in [0.1, 0.15) is 57.1 Å². The molecule has 0 bridgehead atoms. The molecule has 0 spiro atoms. The quantitative estimate of drug-likeness (QED) is 0.235. The molecule has 3 aromatic rings. The summed E-state index contributed by atoms with van der Waals surface area (Å²) in [7, 11) is -4.58. The van der Waals surface area contributed by atoms with Gasteiger partial charge in [-0.25, -0.2) is 22.9 Å². The lowest BCUT2D eigenvalue weighted by Gasteiger charge is -2.38. The molecule has 2 aromatic carbocycles. The van der Waals surface area contributed by atoms with Crippen molar-refractivity contribution in [3.8, 4) is 11.1 Å². The molecule has 1 aliphatic heterocycles. The average molecular weight is 603 g/mol. The third kappa shape index (κ3) is 7.01. The minimum absolute atomic E-state index is 0.0147. The summed E-state index contributed by atoms with van der Waals surface area (Å²) in [5.74, 6) is -1.11. The predicted octanol–water partition coefficient (Wildman–Crippen LogP) is 6.76. The van der Waals surface area contributed by atoms with Gasteiger partial charge in [0.05, 0.1) is 17.2 Å². The summed E-state index contributed by atoms with van der Waals surface area (Å²) in [6, 6.07) is 16.9. The van der Waals surface area contributed by atoms with Crippen LogP contribution in [-0.2, 0) is 32.2 Å². The number of hydrogen-bond acceptors (Lipinski definition) is 6. The third-order valence-corrected chi connectivity index (χ3v) is 8.75. The van der Waals surface area contributed by atoms with Crippen LogP contribution in [0.2, 0.25) is 0 Å². The molecule has 0 saturated heterocycles. The van der Waals surface area contributed by atoms with Crippen molar-refractivity contribution in [3.05, 3.63) is 95.4 Å². The Morgan fingerprint density at radius 1 is 1.05 bits per heavy atom. The number of pyridine rings is 1. The van der Waals surface area contributed by atoms with Crippen LogP contribution in [0, 0.1) is 0 Å². The number of hydrogen-bond donors (Lipinski definition) is 2. The van der Waals surface area contributed by atoms with E-state index in [4.69, 9.17) is 4.74 Å². The molecule has 7 nitrogen and oxygen atoms in total. The van der Waals surface area contributed by atoms with Gasteiger partial charge in [0.2, 0.25) is 0 Å². The fourth-order valence-corrected chi connectivity index (χ4v) is 6.69. The summed E-state index contributed by atoms with van der Waals surface area (Å²) >= 11 is 0. The van der Waals surface area contributed by atoms with Crippen LogP contribution in [-0.4, -0.2) is 36.1 Å². The second kappa shape index (κ2) is 12.7. The van der Waals surface area contributed by atoms with Gasteiger partial charge in [-0.2, -0.15) is 13.2 Å². The van der Waals surface area contributed by atoms with E-state index in [2.05, 4.69) is 9.71 Å². The number of nitrogens with one attached hydrogen (secondary N) is 1. The molecular formula is C31H33F3N2O5S. The van der Waals surface area contributed by atoms with Gasteiger partial charge in [0.1, 0.15) is 11.4 Å². The maximum atomic E-state index is 13.6. The first-order valence-corrected chi connectivity index (χ1v) is 15.2. The molecule has 1 aromatic heterocycles. The van der Waals surface area contributed by atoms with E-state index in [-0.39, 0.29) is 35.3 Å². The summed E-state index contributed by atoms with van der Waals surface area (Å²) in [6.07, 6.45) is -1.95. The molecule has 11 heteroatoms. The molecule has 1 aliphatic rings. The highest BCUT2D eigenvalue weighted by atomic mass is 32.2. The fourth-order valence-electron chi connectivity index (χ4n) is 5.26. The largest absolute Gasteiger partial charge is 0.512 e. The molecule has 4 rings (SSSR count). The number of aryl methyl sites for hydroxylation is 1. The highest BCUT2D eigenvalue weighted by Gasteiger charge is 2.44. The SMILES string of the molecule is CCCC1(CCc2ccccc2)CC(O)=C(C(CC)NS(=O)(=O)c2ncc(C(F)(F)F)cc2-c2ccccc2)C(=O)O1. The van der Waals surface area contributed by atoms with E-state index in [9.17, 15) is 31.5 Å². The van der Waals surface area contributed by atoms with Crippen molar-refractivity contribution in [2.24, 2.45) is 0 Å². The monoisotopic (exact) mass is 602 g/mol. The lowest BCUT2D eigenvalue weighted by molar-refractivity contribution is -0.161. The highest BCUT2D eigenvalue weighted by molar-refractivity contribution is 7.89. The lowest BCUT2D eigenvalue weighted by Crippen LogP contribution is -2.46. The Balaban J connectivity index is 1.66. The van der Waals surface area contributed by atoms with E-state index in [0.717, 1.165) is 11.6 Å². The minimum atomic E-state index is -4.74. The molecule has 2 atom stereocenters. The van der Waals surface area contributed by atoms with Crippen molar-refractivity contribution in [2.45, 2.75) is 75.2 Å². The van der Waals surface area contributed by atoms with Crippen LogP contribution >= 0.6 is 0 Å². The van der Waals surface area contributed by atoms with Crippen LogP contribution < -0.4 is 4.72 Å². The Kier molecular flexibility index (Phi) is 9.42. The van der Waals surface area contributed by atoms with Crippen molar-refractivity contribution >= 4 is 16.0 Å². The normalized spacial score (nSPS) is 18.5. The Morgan fingerprint density at radius 2 is 1.69 bits per heavy atom. The maximum absolute atomic E-state index is 13.6. The number of carbonyl (C=O) groups excluding carboxylic acids is 1. The lowest BCUT2D eigenvalue weighted by atomic mass is 9.83. The second-order valence-corrected chi connectivity index (χ2v) is 12.0. The van der Waals surface area contributed by atoms with Gasteiger partial charge in [0.15, 0.2) is 5.03 Å². The molecule has 0 amide bonds. The van der Waals surface area contributed by atoms with E-state index in [1.165, 1.54) is 12.1 Å². The number of nitrogens with zero attached hydrogens (tertiary/aromatic N) is 1. The molecule has 0 aliphatic carbocycles. The zero-order valence-corrected chi connectivity index (χ0v) is 24.1. The molecule has 224 valence electrons. The number of alkyl halides is 3. The van der Waals surface area contributed by atoms with Gasteiger partial charge in [0, 0.05) is 18.2 Å². The molecule has 42 heavy (non-hydrogen) atoms. The average Bonchev–Trinajstić information content (AvgIpc) is 2.95. The summed E-state index contributed by atoms with van der Waals surface area (Å²) < 4.78 is 76.0. The molecule has 2 N–H and O–H groups in total. The number of cyclic esters (lactones) is 1. The summed E-state index contributed by atoms with van der Waals surface area (Å²) in [6.45, 7) is 3.56. The van der Waals surface area contributed by atoms with Gasteiger partial charge in [-0.05, 0) is 42.9 Å². The van der Waals surface area contributed by atoms with Gasteiger partial charge in [0.25, 0.3) is 10.0 Å². The first kappa shape index (κ1) is 31.2. The van der Waals surface area contributed by atoms with E-state index >= 15 is 0 Å². The number of aliphatic hydroxyl groups excluding tert-OH is 1. The number of aliphatic hydroxyl groups is 1. The number of sulfonamides is 1. The minimum Gasteiger partial charge on any atom is -0.512 e. The van der Waals surface area contributed by atoms with Crippen LogP contribution in [0.5, 0.6) is 0 Å². The van der Waals surface area contributed by atoms with Gasteiger partial charge in [-0.1, -0.05) is 80.9 Å². The Morgan fingerprint density at radius 3 is 2.26 bits per heavy atom. The smallest absolute Gasteiger partial charge is 0.417 e. The van der Waals surface area contributed by atoms with Gasteiger partial charge < -0.3 is 9.84 Å². The number of rotatable bonds is 11. The number of esters is 1. The molecule has 0 fully saturated rings. The number of benzene rings is 2. The van der Waals surface area contributed by atoms with Gasteiger partial charge in [-0.15, -0.1) is 0 Å². The van der Waals surface area contributed by atoms with E-state index in [1.807, 2.05) is 37.3 Å². The Bertz CT molecular complexity index is 1540. The topological polar surface area (TPSA) is 106 Å². The van der Waals surface area contributed by atoms with Crippen molar-refractivity contribution in [1.82, 2.24) is 9.71 Å². The molecule has 0 radical (unpaired) electrons.